The van der Waals surface area contributed by atoms with Crippen LogP contribution in [-0.2, 0) is 9.53 Å². The Morgan fingerprint density at radius 2 is 1.38 bits per heavy atom. The van der Waals surface area contributed by atoms with Crippen LogP contribution in [-0.4, -0.2) is 23.8 Å². The van der Waals surface area contributed by atoms with Crippen molar-refractivity contribution in [1.29, 1.82) is 0 Å². The maximum absolute atomic E-state index is 12.2. The Bertz CT molecular complexity index is 792. The van der Waals surface area contributed by atoms with E-state index >= 15 is 0 Å². The van der Waals surface area contributed by atoms with E-state index in [1.165, 1.54) is 13.8 Å². The SMILES string of the molecule is CC(=O)c1ccc(NC(=O)[C@@H](C)OC(=O)c2ccc(C(C)C)cc2)cc1. The van der Waals surface area contributed by atoms with Gasteiger partial charge in [0.1, 0.15) is 0 Å². The third-order valence-electron chi connectivity index (χ3n) is 4.03. The number of amides is 1. The molecule has 2 rings (SSSR count). The van der Waals surface area contributed by atoms with Crippen LogP contribution in [0, 0.1) is 0 Å². The number of benzene rings is 2. The average molecular weight is 353 g/mol. The van der Waals surface area contributed by atoms with E-state index < -0.39 is 18.0 Å². The highest BCUT2D eigenvalue weighted by molar-refractivity contribution is 5.98. The summed E-state index contributed by atoms with van der Waals surface area (Å²) >= 11 is 0. The molecule has 1 atom stereocenters. The lowest BCUT2D eigenvalue weighted by Gasteiger charge is -2.14. The van der Waals surface area contributed by atoms with Gasteiger partial charge in [0, 0.05) is 11.3 Å². The minimum absolute atomic E-state index is 0.0475. The predicted molar refractivity (Wildman–Crippen MR) is 100 cm³/mol. The van der Waals surface area contributed by atoms with Crippen molar-refractivity contribution < 1.29 is 19.1 Å². The Balaban J connectivity index is 1.95. The molecule has 0 saturated heterocycles. The molecule has 136 valence electrons. The van der Waals surface area contributed by atoms with E-state index in [1.807, 2.05) is 12.1 Å². The number of Topliss-reactive ketones (excluding diaryl/α,β-unsaturated/α-hetero) is 1. The number of esters is 1. The molecular weight excluding hydrogens is 330 g/mol. The molecular formula is C21H23NO4. The maximum atomic E-state index is 12.2. The Kier molecular flexibility index (Phi) is 6.28. The van der Waals surface area contributed by atoms with Crippen LogP contribution in [0.5, 0.6) is 0 Å². The van der Waals surface area contributed by atoms with E-state index in [1.54, 1.807) is 36.4 Å². The highest BCUT2D eigenvalue weighted by Gasteiger charge is 2.19. The largest absolute Gasteiger partial charge is 0.449 e. The predicted octanol–water partition coefficient (Wildman–Crippen LogP) is 4.20. The summed E-state index contributed by atoms with van der Waals surface area (Å²) in [6.45, 7) is 7.13. The Morgan fingerprint density at radius 1 is 0.846 bits per heavy atom. The van der Waals surface area contributed by atoms with Crippen molar-refractivity contribution in [1.82, 2.24) is 0 Å². The van der Waals surface area contributed by atoms with Crippen LogP contribution in [0.2, 0.25) is 0 Å². The number of hydrogen-bond acceptors (Lipinski definition) is 4. The topological polar surface area (TPSA) is 72.5 Å². The number of carbonyl (C=O) groups excluding carboxylic acids is 3. The first-order valence-corrected chi connectivity index (χ1v) is 8.50. The van der Waals surface area contributed by atoms with Crippen molar-refractivity contribution in [3.63, 3.8) is 0 Å². The summed E-state index contributed by atoms with van der Waals surface area (Å²) in [6, 6.07) is 13.7. The van der Waals surface area contributed by atoms with E-state index in [2.05, 4.69) is 19.2 Å². The zero-order chi connectivity index (χ0) is 19.3. The number of rotatable bonds is 6. The maximum Gasteiger partial charge on any atom is 0.338 e. The van der Waals surface area contributed by atoms with Gasteiger partial charge in [0.15, 0.2) is 11.9 Å². The molecule has 0 aliphatic carbocycles. The third kappa shape index (κ3) is 5.02. The van der Waals surface area contributed by atoms with Gasteiger partial charge in [0.05, 0.1) is 5.56 Å². The van der Waals surface area contributed by atoms with Crippen molar-refractivity contribution in [3.05, 3.63) is 65.2 Å². The van der Waals surface area contributed by atoms with E-state index in [9.17, 15) is 14.4 Å². The summed E-state index contributed by atoms with van der Waals surface area (Å²) < 4.78 is 5.23. The lowest BCUT2D eigenvalue weighted by Crippen LogP contribution is -2.30. The fourth-order valence-electron chi connectivity index (χ4n) is 2.32. The van der Waals surface area contributed by atoms with Crippen LogP contribution in [0.1, 0.15) is 59.9 Å². The van der Waals surface area contributed by atoms with Crippen LogP contribution < -0.4 is 5.32 Å². The molecule has 0 aromatic heterocycles. The van der Waals surface area contributed by atoms with Crippen molar-refractivity contribution in [2.75, 3.05) is 5.32 Å². The van der Waals surface area contributed by atoms with Gasteiger partial charge < -0.3 is 10.1 Å². The minimum atomic E-state index is -0.945. The Labute approximate surface area is 153 Å². The van der Waals surface area contributed by atoms with Crippen LogP contribution in [0.15, 0.2) is 48.5 Å². The van der Waals surface area contributed by atoms with Gasteiger partial charge in [-0.05, 0) is 61.7 Å². The number of ketones is 1. The van der Waals surface area contributed by atoms with E-state index in [4.69, 9.17) is 4.74 Å². The van der Waals surface area contributed by atoms with Gasteiger partial charge in [0.2, 0.25) is 0 Å². The van der Waals surface area contributed by atoms with Crippen LogP contribution >= 0.6 is 0 Å². The molecule has 0 unspecified atom stereocenters. The quantitative estimate of drug-likeness (QED) is 0.624. The number of ether oxygens (including phenoxy) is 1. The van der Waals surface area contributed by atoms with E-state index in [0.717, 1.165) is 5.56 Å². The van der Waals surface area contributed by atoms with Gasteiger partial charge in [-0.2, -0.15) is 0 Å². The first-order valence-electron chi connectivity index (χ1n) is 8.50. The molecule has 2 aromatic rings. The molecule has 5 heteroatoms. The van der Waals surface area contributed by atoms with Gasteiger partial charge in [-0.15, -0.1) is 0 Å². The second-order valence-corrected chi connectivity index (χ2v) is 6.45. The van der Waals surface area contributed by atoms with Crippen LogP contribution in [0.3, 0.4) is 0 Å². The van der Waals surface area contributed by atoms with Gasteiger partial charge in [-0.3, -0.25) is 9.59 Å². The lowest BCUT2D eigenvalue weighted by atomic mass is 10.0. The molecule has 0 spiro atoms. The van der Waals surface area contributed by atoms with Crippen molar-refractivity contribution in [3.8, 4) is 0 Å². The summed E-state index contributed by atoms with van der Waals surface area (Å²) in [6.07, 6.45) is -0.945. The van der Waals surface area contributed by atoms with Gasteiger partial charge >= 0.3 is 5.97 Å². The average Bonchev–Trinajstić information content (AvgIpc) is 2.62. The monoisotopic (exact) mass is 353 g/mol. The molecule has 1 N–H and O–H groups in total. The Morgan fingerprint density at radius 3 is 1.88 bits per heavy atom. The second-order valence-electron chi connectivity index (χ2n) is 6.45. The molecule has 0 fully saturated rings. The highest BCUT2D eigenvalue weighted by atomic mass is 16.5. The smallest absolute Gasteiger partial charge is 0.338 e. The summed E-state index contributed by atoms with van der Waals surface area (Å²) in [5.41, 5.74) is 2.62. The van der Waals surface area contributed by atoms with Gasteiger partial charge in [-0.25, -0.2) is 4.79 Å². The normalized spacial score (nSPS) is 11.7. The summed E-state index contributed by atoms with van der Waals surface area (Å²) in [4.78, 5) is 35.6. The van der Waals surface area contributed by atoms with E-state index in [-0.39, 0.29) is 5.78 Å². The van der Waals surface area contributed by atoms with Gasteiger partial charge in [0.25, 0.3) is 5.91 Å². The molecule has 0 heterocycles. The summed E-state index contributed by atoms with van der Waals surface area (Å²) in [5.74, 6) is -0.657. The molecule has 0 aliphatic heterocycles. The fraction of sp³-hybridized carbons (Fsp3) is 0.286. The molecule has 0 bridgehead atoms. The Hall–Kier alpha value is -2.95. The standard InChI is InChI=1S/C21H23NO4/c1-13(2)16-5-7-18(8-6-16)21(25)26-15(4)20(24)22-19-11-9-17(10-12-19)14(3)23/h5-13,15H,1-4H3,(H,22,24)/t15-/m1/s1. The van der Waals surface area contributed by atoms with Gasteiger partial charge in [-0.1, -0.05) is 26.0 Å². The summed E-state index contributed by atoms with van der Waals surface area (Å²) in [7, 11) is 0. The molecule has 1 amide bonds. The number of hydrogen-bond donors (Lipinski definition) is 1. The zero-order valence-corrected chi connectivity index (χ0v) is 15.4. The summed E-state index contributed by atoms with van der Waals surface area (Å²) in [5, 5.41) is 2.66. The first kappa shape index (κ1) is 19.4. The molecule has 5 nitrogen and oxygen atoms in total. The molecule has 0 saturated carbocycles. The highest BCUT2D eigenvalue weighted by Crippen LogP contribution is 2.16. The van der Waals surface area contributed by atoms with Crippen LogP contribution in [0.25, 0.3) is 0 Å². The minimum Gasteiger partial charge on any atom is -0.449 e. The number of nitrogens with one attached hydrogen (secondary N) is 1. The van der Waals surface area contributed by atoms with Crippen molar-refractivity contribution in [2.45, 2.75) is 39.7 Å². The van der Waals surface area contributed by atoms with E-state index in [0.29, 0.717) is 22.7 Å². The second kappa shape index (κ2) is 8.43. The molecule has 26 heavy (non-hydrogen) atoms. The lowest BCUT2D eigenvalue weighted by molar-refractivity contribution is -0.123. The van der Waals surface area contributed by atoms with Crippen molar-refractivity contribution >= 4 is 23.3 Å². The molecule has 0 aliphatic rings. The molecule has 0 radical (unpaired) electrons. The third-order valence-corrected chi connectivity index (χ3v) is 4.03. The fourth-order valence-corrected chi connectivity index (χ4v) is 2.32. The molecule has 2 aromatic carbocycles. The zero-order valence-electron chi connectivity index (χ0n) is 15.4. The van der Waals surface area contributed by atoms with Crippen LogP contribution in [0.4, 0.5) is 5.69 Å². The number of carbonyl (C=O) groups is 3. The number of anilines is 1. The van der Waals surface area contributed by atoms with Crippen molar-refractivity contribution in [2.24, 2.45) is 0 Å². The first-order chi connectivity index (χ1) is 12.3.